The summed E-state index contributed by atoms with van der Waals surface area (Å²) in [6.45, 7) is 13.1. The van der Waals surface area contributed by atoms with Gasteiger partial charge < -0.3 is 14.5 Å². The van der Waals surface area contributed by atoms with Crippen LogP contribution in [0.1, 0.15) is 39.2 Å². The molecule has 1 saturated heterocycles. The molecule has 0 spiro atoms. The Balaban J connectivity index is 1.91. The fourth-order valence-corrected chi connectivity index (χ4v) is 2.78. The molecule has 108 valence electrons. The first-order valence-corrected chi connectivity index (χ1v) is 7.17. The lowest BCUT2D eigenvalue weighted by molar-refractivity contribution is -0.131. The highest BCUT2D eigenvalue weighted by atomic mass is 16.5. The summed E-state index contributed by atoms with van der Waals surface area (Å²) in [6.07, 6.45) is 0.278. The highest BCUT2D eigenvalue weighted by Crippen LogP contribution is 2.22. The van der Waals surface area contributed by atoms with Crippen molar-refractivity contribution in [2.75, 3.05) is 19.6 Å². The number of morpholine rings is 1. The molecular weight excluding hydrogens is 240 g/mol. The van der Waals surface area contributed by atoms with Crippen LogP contribution in [0, 0.1) is 0 Å². The minimum atomic E-state index is -0.0726. The van der Waals surface area contributed by atoms with Gasteiger partial charge in [0.2, 0.25) is 0 Å². The standard InChI is InChI=1S/C15H26N2O2/c1-5-16-8-13-6-7-14(18-13)10-17-9-12(2)19-15(3,4)11-17/h6-7,12,16H,5,8-11H2,1-4H3. The molecule has 1 aliphatic heterocycles. The van der Waals surface area contributed by atoms with Gasteiger partial charge in [-0.3, -0.25) is 4.90 Å². The Morgan fingerprint density at radius 1 is 1.37 bits per heavy atom. The Labute approximate surface area is 116 Å². The van der Waals surface area contributed by atoms with Crippen molar-refractivity contribution >= 4 is 0 Å². The molecule has 1 unspecified atom stereocenters. The first-order valence-electron chi connectivity index (χ1n) is 7.17. The molecule has 1 aliphatic rings. The largest absolute Gasteiger partial charge is 0.463 e. The van der Waals surface area contributed by atoms with Gasteiger partial charge in [-0.15, -0.1) is 0 Å². The van der Waals surface area contributed by atoms with Gasteiger partial charge in [0.05, 0.1) is 24.8 Å². The lowest BCUT2D eigenvalue weighted by atomic mass is 10.1. The van der Waals surface area contributed by atoms with E-state index in [9.17, 15) is 0 Å². The fraction of sp³-hybridized carbons (Fsp3) is 0.733. The van der Waals surface area contributed by atoms with Crippen LogP contribution in [0.3, 0.4) is 0 Å². The number of ether oxygens (including phenoxy) is 1. The Morgan fingerprint density at radius 3 is 2.79 bits per heavy atom. The summed E-state index contributed by atoms with van der Waals surface area (Å²) in [6, 6.07) is 4.15. The third-order valence-electron chi connectivity index (χ3n) is 3.29. The van der Waals surface area contributed by atoms with Crippen LogP contribution in [0.4, 0.5) is 0 Å². The number of rotatable bonds is 5. The molecule has 0 aromatic carbocycles. The number of hydrogen-bond donors (Lipinski definition) is 1. The number of nitrogens with zero attached hydrogens (tertiary/aromatic N) is 1. The molecule has 0 aliphatic carbocycles. The lowest BCUT2D eigenvalue weighted by Crippen LogP contribution is -2.51. The molecule has 1 fully saturated rings. The van der Waals surface area contributed by atoms with E-state index in [1.807, 2.05) is 0 Å². The van der Waals surface area contributed by atoms with Gasteiger partial charge in [-0.2, -0.15) is 0 Å². The first kappa shape index (κ1) is 14.6. The van der Waals surface area contributed by atoms with Crippen molar-refractivity contribution in [2.24, 2.45) is 0 Å². The normalized spacial score (nSPS) is 23.7. The van der Waals surface area contributed by atoms with Gasteiger partial charge in [-0.1, -0.05) is 6.92 Å². The van der Waals surface area contributed by atoms with Gasteiger partial charge in [-0.25, -0.2) is 0 Å². The van der Waals surface area contributed by atoms with Crippen LogP contribution in [0.15, 0.2) is 16.5 Å². The van der Waals surface area contributed by atoms with Crippen molar-refractivity contribution in [2.45, 2.75) is 52.5 Å². The first-order chi connectivity index (χ1) is 8.98. The van der Waals surface area contributed by atoms with E-state index < -0.39 is 0 Å². The fourth-order valence-electron chi connectivity index (χ4n) is 2.78. The molecule has 4 nitrogen and oxygen atoms in total. The second-order valence-electron chi connectivity index (χ2n) is 6.01. The third kappa shape index (κ3) is 4.34. The number of furan rings is 1. The maximum absolute atomic E-state index is 5.92. The van der Waals surface area contributed by atoms with Crippen molar-refractivity contribution in [3.63, 3.8) is 0 Å². The molecule has 2 rings (SSSR count). The van der Waals surface area contributed by atoms with E-state index in [0.717, 1.165) is 44.2 Å². The summed E-state index contributed by atoms with van der Waals surface area (Å²) >= 11 is 0. The van der Waals surface area contributed by atoms with Crippen molar-refractivity contribution in [1.29, 1.82) is 0 Å². The summed E-state index contributed by atoms with van der Waals surface area (Å²) in [7, 11) is 0. The van der Waals surface area contributed by atoms with Crippen LogP contribution in [0.2, 0.25) is 0 Å². The molecule has 1 N–H and O–H groups in total. The zero-order valence-corrected chi connectivity index (χ0v) is 12.5. The molecule has 1 aromatic heterocycles. The van der Waals surface area contributed by atoms with E-state index >= 15 is 0 Å². The van der Waals surface area contributed by atoms with Gasteiger partial charge >= 0.3 is 0 Å². The topological polar surface area (TPSA) is 37.6 Å². The van der Waals surface area contributed by atoms with Crippen LogP contribution in [0.5, 0.6) is 0 Å². The predicted octanol–water partition coefficient (Wildman–Crippen LogP) is 2.39. The SMILES string of the molecule is CCNCc1ccc(CN2CC(C)OC(C)(C)C2)o1. The molecule has 19 heavy (non-hydrogen) atoms. The Hall–Kier alpha value is -0.840. The summed E-state index contributed by atoms with van der Waals surface area (Å²) in [5, 5.41) is 3.27. The van der Waals surface area contributed by atoms with Crippen molar-refractivity contribution < 1.29 is 9.15 Å². The monoisotopic (exact) mass is 266 g/mol. The highest BCUT2D eigenvalue weighted by molar-refractivity contribution is 5.07. The van der Waals surface area contributed by atoms with Crippen LogP contribution in [0.25, 0.3) is 0 Å². The summed E-state index contributed by atoms with van der Waals surface area (Å²) in [5.41, 5.74) is -0.0726. The Kier molecular flexibility index (Phi) is 4.66. The molecule has 0 radical (unpaired) electrons. The Bertz CT molecular complexity index is 401. The molecular formula is C15H26N2O2. The highest BCUT2D eigenvalue weighted by Gasteiger charge is 2.31. The summed E-state index contributed by atoms with van der Waals surface area (Å²) in [5.74, 6) is 2.05. The smallest absolute Gasteiger partial charge is 0.118 e. The van der Waals surface area contributed by atoms with Crippen LogP contribution < -0.4 is 5.32 Å². The van der Waals surface area contributed by atoms with Gasteiger partial charge in [-0.05, 0) is 39.4 Å². The second kappa shape index (κ2) is 6.07. The average Bonchev–Trinajstić information content (AvgIpc) is 2.71. The van der Waals surface area contributed by atoms with E-state index in [-0.39, 0.29) is 11.7 Å². The molecule has 0 amide bonds. The van der Waals surface area contributed by atoms with E-state index in [4.69, 9.17) is 9.15 Å². The van der Waals surface area contributed by atoms with Crippen LogP contribution in [-0.4, -0.2) is 36.2 Å². The second-order valence-corrected chi connectivity index (χ2v) is 6.01. The quantitative estimate of drug-likeness (QED) is 0.888. The molecule has 0 bridgehead atoms. The zero-order valence-electron chi connectivity index (χ0n) is 12.5. The molecule has 1 atom stereocenters. The number of hydrogen-bond acceptors (Lipinski definition) is 4. The Morgan fingerprint density at radius 2 is 2.11 bits per heavy atom. The minimum absolute atomic E-state index is 0.0726. The van der Waals surface area contributed by atoms with Gasteiger partial charge in [0.15, 0.2) is 0 Å². The lowest BCUT2D eigenvalue weighted by Gasteiger charge is -2.41. The molecule has 0 saturated carbocycles. The van der Waals surface area contributed by atoms with Gasteiger partial charge in [0, 0.05) is 13.1 Å². The van der Waals surface area contributed by atoms with Crippen LogP contribution >= 0.6 is 0 Å². The molecule has 4 heteroatoms. The van der Waals surface area contributed by atoms with Crippen LogP contribution in [-0.2, 0) is 17.8 Å². The maximum Gasteiger partial charge on any atom is 0.118 e. The van der Waals surface area contributed by atoms with Crippen molar-refractivity contribution in [3.8, 4) is 0 Å². The summed E-state index contributed by atoms with van der Waals surface area (Å²) < 4.78 is 11.8. The summed E-state index contributed by atoms with van der Waals surface area (Å²) in [4.78, 5) is 2.41. The third-order valence-corrected chi connectivity index (χ3v) is 3.29. The predicted molar refractivity (Wildman–Crippen MR) is 76.0 cm³/mol. The molecule has 1 aromatic rings. The maximum atomic E-state index is 5.92. The zero-order chi connectivity index (χ0) is 13.9. The van der Waals surface area contributed by atoms with Gasteiger partial charge in [0.25, 0.3) is 0 Å². The minimum Gasteiger partial charge on any atom is -0.463 e. The van der Waals surface area contributed by atoms with Crippen molar-refractivity contribution in [1.82, 2.24) is 10.2 Å². The average molecular weight is 266 g/mol. The van der Waals surface area contributed by atoms with E-state index in [1.54, 1.807) is 0 Å². The number of nitrogens with one attached hydrogen (secondary N) is 1. The van der Waals surface area contributed by atoms with E-state index in [0.29, 0.717) is 0 Å². The van der Waals surface area contributed by atoms with E-state index in [2.05, 4.69) is 50.0 Å². The van der Waals surface area contributed by atoms with E-state index in [1.165, 1.54) is 0 Å². The van der Waals surface area contributed by atoms with Crippen molar-refractivity contribution in [3.05, 3.63) is 23.7 Å². The molecule has 2 heterocycles. The van der Waals surface area contributed by atoms with Gasteiger partial charge in [0.1, 0.15) is 11.5 Å².